The number of nitrogens with zero attached hydrogens (tertiary/aromatic N) is 2. The number of benzene rings is 1. The lowest BCUT2D eigenvalue weighted by atomic mass is 10.3. The molecule has 14 heavy (non-hydrogen) atoms. The van der Waals surface area contributed by atoms with E-state index in [1.165, 1.54) is 6.20 Å². The predicted octanol–water partition coefficient (Wildman–Crippen LogP) is 2.85. The molecule has 0 atom stereocenters. The zero-order valence-corrected chi connectivity index (χ0v) is 8.35. The van der Waals surface area contributed by atoms with Gasteiger partial charge in [0.05, 0.1) is 5.70 Å². The number of aliphatic imine (C=N–C) groups is 1. The summed E-state index contributed by atoms with van der Waals surface area (Å²) in [5.74, 6) is 0. The van der Waals surface area contributed by atoms with Crippen molar-refractivity contribution in [2.24, 2.45) is 4.99 Å². The lowest BCUT2D eigenvalue weighted by molar-refractivity contribution is 1.17. The monoisotopic (exact) mass is 186 g/mol. The molecular weight excluding hydrogens is 172 g/mol. The first kappa shape index (κ1) is 10.3. The molecule has 0 aliphatic heterocycles. The highest BCUT2D eigenvalue weighted by atomic mass is 15.1. The van der Waals surface area contributed by atoms with Crippen molar-refractivity contribution < 1.29 is 0 Å². The van der Waals surface area contributed by atoms with Gasteiger partial charge >= 0.3 is 0 Å². The van der Waals surface area contributed by atoms with Crippen LogP contribution in [0.3, 0.4) is 0 Å². The molecule has 0 amide bonds. The van der Waals surface area contributed by atoms with Gasteiger partial charge in [-0.15, -0.1) is 0 Å². The van der Waals surface area contributed by atoms with Crippen molar-refractivity contribution in [3.63, 3.8) is 0 Å². The summed E-state index contributed by atoms with van der Waals surface area (Å²) < 4.78 is 0. The quantitative estimate of drug-likeness (QED) is 0.660. The van der Waals surface area contributed by atoms with Gasteiger partial charge in [0, 0.05) is 25.1 Å². The first-order chi connectivity index (χ1) is 6.75. The summed E-state index contributed by atoms with van der Waals surface area (Å²) in [5, 5.41) is 0. The Balaban J connectivity index is 2.75. The van der Waals surface area contributed by atoms with Gasteiger partial charge in [-0.1, -0.05) is 31.4 Å². The topological polar surface area (TPSA) is 15.6 Å². The summed E-state index contributed by atoms with van der Waals surface area (Å²) in [4.78, 5) is 5.88. The number of rotatable bonds is 4. The largest absolute Gasteiger partial charge is 0.344 e. The molecule has 0 aliphatic rings. The van der Waals surface area contributed by atoms with Crippen LogP contribution in [0, 0.1) is 0 Å². The van der Waals surface area contributed by atoms with Crippen LogP contribution in [0.4, 0.5) is 5.69 Å². The smallest absolute Gasteiger partial charge is 0.0521 e. The summed E-state index contributed by atoms with van der Waals surface area (Å²) in [5.41, 5.74) is 1.92. The van der Waals surface area contributed by atoms with Crippen molar-refractivity contribution in [2.45, 2.75) is 0 Å². The number of hydrogen-bond acceptors (Lipinski definition) is 2. The summed E-state index contributed by atoms with van der Waals surface area (Å²) >= 11 is 0. The van der Waals surface area contributed by atoms with Gasteiger partial charge in [0.15, 0.2) is 0 Å². The lowest BCUT2D eigenvalue weighted by Crippen LogP contribution is -2.15. The molecule has 0 bridgehead atoms. The van der Waals surface area contributed by atoms with Crippen molar-refractivity contribution in [3.05, 3.63) is 55.4 Å². The molecule has 0 aliphatic carbocycles. The Morgan fingerprint density at radius 2 is 2.00 bits per heavy atom. The SMILES string of the molecule is C=CN=CC(=C)N(C)c1ccccc1. The average molecular weight is 186 g/mol. The number of para-hydroxylation sites is 1. The summed E-state index contributed by atoms with van der Waals surface area (Å²) in [7, 11) is 1.95. The fraction of sp³-hybridized carbons (Fsp3) is 0.0833. The maximum atomic E-state index is 3.92. The van der Waals surface area contributed by atoms with E-state index in [2.05, 4.69) is 18.2 Å². The first-order valence-corrected chi connectivity index (χ1v) is 4.37. The highest BCUT2D eigenvalue weighted by Crippen LogP contribution is 2.14. The second-order valence-corrected chi connectivity index (χ2v) is 2.85. The zero-order valence-electron chi connectivity index (χ0n) is 8.35. The van der Waals surface area contributed by atoms with Crippen molar-refractivity contribution >= 4 is 11.9 Å². The second-order valence-electron chi connectivity index (χ2n) is 2.85. The van der Waals surface area contributed by atoms with Crippen LogP contribution in [-0.2, 0) is 0 Å². The van der Waals surface area contributed by atoms with Crippen LogP contribution in [0.5, 0.6) is 0 Å². The Morgan fingerprint density at radius 1 is 1.36 bits per heavy atom. The average Bonchev–Trinajstić information content (AvgIpc) is 2.26. The molecule has 0 heterocycles. The normalized spacial score (nSPS) is 10.1. The highest BCUT2D eigenvalue weighted by molar-refractivity contribution is 5.83. The van der Waals surface area contributed by atoms with E-state index in [1.54, 1.807) is 6.21 Å². The molecular formula is C12H14N2. The first-order valence-electron chi connectivity index (χ1n) is 4.37. The van der Waals surface area contributed by atoms with Crippen LogP contribution >= 0.6 is 0 Å². The molecule has 0 unspecified atom stereocenters. The highest BCUT2D eigenvalue weighted by Gasteiger charge is 2.00. The maximum Gasteiger partial charge on any atom is 0.0521 e. The molecule has 2 nitrogen and oxygen atoms in total. The number of anilines is 1. The van der Waals surface area contributed by atoms with Crippen LogP contribution in [0.25, 0.3) is 0 Å². The van der Waals surface area contributed by atoms with Crippen molar-refractivity contribution in [2.75, 3.05) is 11.9 Å². The molecule has 0 aromatic heterocycles. The molecule has 0 saturated carbocycles. The third-order valence-corrected chi connectivity index (χ3v) is 1.90. The van der Waals surface area contributed by atoms with Crippen LogP contribution in [0.1, 0.15) is 0 Å². The number of allylic oxidation sites excluding steroid dienone is 1. The van der Waals surface area contributed by atoms with E-state index in [1.807, 2.05) is 42.3 Å². The summed E-state index contributed by atoms with van der Waals surface area (Å²) in [6, 6.07) is 10.0. The minimum Gasteiger partial charge on any atom is -0.344 e. The Labute approximate surface area is 84.9 Å². The van der Waals surface area contributed by atoms with E-state index in [-0.39, 0.29) is 0 Å². The van der Waals surface area contributed by atoms with Crippen LogP contribution in [-0.4, -0.2) is 13.3 Å². The molecule has 0 saturated heterocycles. The molecule has 72 valence electrons. The van der Waals surface area contributed by atoms with E-state index in [0.29, 0.717) is 0 Å². The summed E-state index contributed by atoms with van der Waals surface area (Å²) in [6.07, 6.45) is 3.17. The number of hydrogen-bond donors (Lipinski definition) is 0. The molecule has 0 N–H and O–H groups in total. The van der Waals surface area contributed by atoms with Gasteiger partial charge in [-0.05, 0) is 12.1 Å². The molecule has 0 spiro atoms. The van der Waals surface area contributed by atoms with Crippen LogP contribution in [0.2, 0.25) is 0 Å². The van der Waals surface area contributed by atoms with Gasteiger partial charge in [0.25, 0.3) is 0 Å². The van der Waals surface area contributed by atoms with Gasteiger partial charge in [-0.25, -0.2) is 0 Å². The Kier molecular flexibility index (Phi) is 3.68. The lowest BCUT2D eigenvalue weighted by Gasteiger charge is -2.18. The third-order valence-electron chi connectivity index (χ3n) is 1.90. The predicted molar refractivity (Wildman–Crippen MR) is 62.7 cm³/mol. The summed E-state index contributed by atoms with van der Waals surface area (Å²) in [6.45, 7) is 7.40. The fourth-order valence-electron chi connectivity index (χ4n) is 1.04. The standard InChI is InChI=1S/C12H14N2/c1-4-13-10-11(2)14(3)12-8-6-5-7-9-12/h4-10H,1-2H2,3H3. The van der Waals surface area contributed by atoms with Crippen molar-refractivity contribution in [3.8, 4) is 0 Å². The van der Waals surface area contributed by atoms with Gasteiger partial charge in [-0.3, -0.25) is 4.99 Å². The van der Waals surface area contributed by atoms with Crippen molar-refractivity contribution in [1.29, 1.82) is 0 Å². The Hall–Kier alpha value is -1.83. The van der Waals surface area contributed by atoms with E-state index < -0.39 is 0 Å². The second kappa shape index (κ2) is 5.02. The fourth-order valence-corrected chi connectivity index (χ4v) is 1.04. The minimum atomic E-state index is 0.830. The van der Waals surface area contributed by atoms with Crippen LogP contribution < -0.4 is 4.90 Å². The molecule has 2 heteroatoms. The van der Waals surface area contributed by atoms with Crippen LogP contribution in [0.15, 0.2) is 60.4 Å². The molecule has 1 aromatic rings. The van der Waals surface area contributed by atoms with Gasteiger partial charge < -0.3 is 4.90 Å². The Bertz CT molecular complexity index is 339. The third kappa shape index (κ3) is 2.59. The minimum absolute atomic E-state index is 0.830. The van der Waals surface area contributed by atoms with Gasteiger partial charge in [0.1, 0.15) is 0 Å². The van der Waals surface area contributed by atoms with E-state index in [4.69, 9.17) is 0 Å². The molecule has 0 fully saturated rings. The van der Waals surface area contributed by atoms with Gasteiger partial charge in [-0.2, -0.15) is 0 Å². The van der Waals surface area contributed by atoms with E-state index in [9.17, 15) is 0 Å². The maximum absolute atomic E-state index is 3.92. The van der Waals surface area contributed by atoms with E-state index >= 15 is 0 Å². The van der Waals surface area contributed by atoms with E-state index in [0.717, 1.165) is 11.4 Å². The Morgan fingerprint density at radius 3 is 2.57 bits per heavy atom. The molecule has 1 rings (SSSR count). The molecule has 0 radical (unpaired) electrons. The molecule has 1 aromatic carbocycles. The van der Waals surface area contributed by atoms with Gasteiger partial charge in [0.2, 0.25) is 0 Å². The zero-order chi connectivity index (χ0) is 10.4. The van der Waals surface area contributed by atoms with Crippen molar-refractivity contribution in [1.82, 2.24) is 0 Å².